The fourth-order valence-corrected chi connectivity index (χ4v) is 2.43. The molecule has 1 unspecified atom stereocenters. The van der Waals surface area contributed by atoms with E-state index in [2.05, 4.69) is 28.2 Å². The summed E-state index contributed by atoms with van der Waals surface area (Å²) < 4.78 is 3.03. The van der Waals surface area contributed by atoms with Crippen LogP contribution < -0.4 is 5.32 Å². The van der Waals surface area contributed by atoms with Crippen LogP contribution in [0.2, 0.25) is 0 Å². The normalized spacial score (nSPS) is 12.2. The number of aromatic nitrogens is 1. The average Bonchev–Trinajstić information content (AvgIpc) is 2.88. The highest BCUT2D eigenvalue weighted by Crippen LogP contribution is 2.17. The van der Waals surface area contributed by atoms with Gasteiger partial charge in [0.05, 0.1) is 6.04 Å². The van der Waals surface area contributed by atoms with Crippen molar-refractivity contribution in [3.05, 3.63) is 58.3 Å². The van der Waals surface area contributed by atoms with Crippen molar-refractivity contribution in [2.75, 3.05) is 0 Å². The van der Waals surface area contributed by atoms with Gasteiger partial charge in [0, 0.05) is 17.2 Å². The zero-order valence-corrected chi connectivity index (χ0v) is 13.4. The van der Waals surface area contributed by atoms with Gasteiger partial charge < -0.3 is 9.88 Å². The summed E-state index contributed by atoms with van der Waals surface area (Å²) in [4.78, 5) is 12.3. The molecule has 0 saturated heterocycles. The Morgan fingerprint density at radius 2 is 2.00 bits per heavy atom. The van der Waals surface area contributed by atoms with Crippen LogP contribution in [0.25, 0.3) is 0 Å². The van der Waals surface area contributed by atoms with Crippen molar-refractivity contribution >= 4 is 21.8 Å². The first kappa shape index (κ1) is 14.9. The van der Waals surface area contributed by atoms with E-state index in [-0.39, 0.29) is 11.9 Å². The molecule has 1 amide bonds. The van der Waals surface area contributed by atoms with Crippen LogP contribution in [0.3, 0.4) is 0 Å². The molecule has 1 N–H and O–H groups in total. The second-order valence-corrected chi connectivity index (χ2v) is 5.75. The summed E-state index contributed by atoms with van der Waals surface area (Å²) in [6.07, 6.45) is 2.96. The van der Waals surface area contributed by atoms with Crippen LogP contribution >= 0.6 is 15.9 Å². The van der Waals surface area contributed by atoms with Gasteiger partial charge >= 0.3 is 0 Å². The first-order valence-electron chi connectivity index (χ1n) is 6.83. The van der Waals surface area contributed by atoms with Crippen molar-refractivity contribution < 1.29 is 4.79 Å². The highest BCUT2D eigenvalue weighted by atomic mass is 79.9. The predicted octanol–water partition coefficient (Wildman–Crippen LogP) is 4.15. The lowest BCUT2D eigenvalue weighted by Crippen LogP contribution is -2.28. The van der Waals surface area contributed by atoms with Crippen LogP contribution in [0.15, 0.2) is 47.1 Å². The molecule has 0 aliphatic carbocycles. The van der Waals surface area contributed by atoms with Crippen molar-refractivity contribution in [1.29, 1.82) is 0 Å². The number of carbonyl (C=O) groups excluding carboxylic acids is 1. The Hall–Kier alpha value is -1.55. The molecule has 0 radical (unpaired) electrons. The van der Waals surface area contributed by atoms with Gasteiger partial charge in [-0.2, -0.15) is 0 Å². The quantitative estimate of drug-likeness (QED) is 0.875. The highest BCUT2D eigenvalue weighted by molar-refractivity contribution is 9.10. The van der Waals surface area contributed by atoms with Gasteiger partial charge in [-0.15, -0.1) is 0 Å². The standard InChI is InChI=1S/C16H19BrN2O/c1-3-10-19-11-4-5-15(19)16(20)18-12(2)13-6-8-14(17)9-7-13/h4-9,11-12H,3,10H2,1-2H3,(H,18,20). The number of rotatable bonds is 5. The molecule has 0 bridgehead atoms. The molecule has 2 aromatic rings. The zero-order valence-electron chi connectivity index (χ0n) is 11.8. The molecule has 0 aliphatic heterocycles. The molecule has 1 atom stereocenters. The maximum atomic E-state index is 12.3. The number of carbonyl (C=O) groups is 1. The minimum Gasteiger partial charge on any atom is -0.344 e. The van der Waals surface area contributed by atoms with Gasteiger partial charge in [0.15, 0.2) is 0 Å². The third-order valence-electron chi connectivity index (χ3n) is 3.24. The summed E-state index contributed by atoms with van der Waals surface area (Å²) in [5.41, 5.74) is 1.81. The molecule has 0 saturated carbocycles. The van der Waals surface area contributed by atoms with Crippen molar-refractivity contribution in [3.8, 4) is 0 Å². The van der Waals surface area contributed by atoms with E-state index >= 15 is 0 Å². The number of nitrogens with zero attached hydrogens (tertiary/aromatic N) is 1. The zero-order chi connectivity index (χ0) is 14.5. The molecule has 0 spiro atoms. The summed E-state index contributed by atoms with van der Waals surface area (Å²) in [7, 11) is 0. The Kier molecular flexibility index (Phi) is 5.01. The predicted molar refractivity (Wildman–Crippen MR) is 84.7 cm³/mol. The van der Waals surface area contributed by atoms with Crippen LogP contribution in [-0.4, -0.2) is 10.5 Å². The summed E-state index contributed by atoms with van der Waals surface area (Å²) in [5, 5.41) is 3.04. The number of hydrogen-bond acceptors (Lipinski definition) is 1. The van der Waals surface area contributed by atoms with E-state index < -0.39 is 0 Å². The van der Waals surface area contributed by atoms with Gasteiger partial charge in [-0.25, -0.2) is 0 Å². The molecule has 1 aromatic heterocycles. The summed E-state index contributed by atoms with van der Waals surface area (Å²) in [5.74, 6) is -0.0288. The van der Waals surface area contributed by atoms with E-state index in [1.54, 1.807) is 0 Å². The third-order valence-corrected chi connectivity index (χ3v) is 3.77. The van der Waals surface area contributed by atoms with E-state index in [0.717, 1.165) is 28.7 Å². The van der Waals surface area contributed by atoms with E-state index in [1.165, 1.54) is 0 Å². The fourth-order valence-electron chi connectivity index (χ4n) is 2.16. The van der Waals surface area contributed by atoms with Crippen molar-refractivity contribution in [1.82, 2.24) is 9.88 Å². The van der Waals surface area contributed by atoms with Crippen molar-refractivity contribution in [2.24, 2.45) is 0 Å². The van der Waals surface area contributed by atoms with E-state index in [9.17, 15) is 4.79 Å². The van der Waals surface area contributed by atoms with Gasteiger partial charge in [0.25, 0.3) is 5.91 Å². The Bertz CT molecular complexity index is 574. The Labute approximate surface area is 128 Å². The Balaban J connectivity index is 2.07. The second kappa shape index (κ2) is 6.75. The average molecular weight is 335 g/mol. The Morgan fingerprint density at radius 1 is 1.30 bits per heavy atom. The van der Waals surface area contributed by atoms with Crippen LogP contribution in [-0.2, 0) is 6.54 Å². The summed E-state index contributed by atoms with van der Waals surface area (Å²) >= 11 is 3.41. The summed E-state index contributed by atoms with van der Waals surface area (Å²) in [6, 6.07) is 11.8. The topological polar surface area (TPSA) is 34.0 Å². The monoisotopic (exact) mass is 334 g/mol. The molecule has 1 aromatic carbocycles. The van der Waals surface area contributed by atoms with Gasteiger partial charge in [-0.3, -0.25) is 4.79 Å². The van der Waals surface area contributed by atoms with E-state index in [0.29, 0.717) is 0 Å². The van der Waals surface area contributed by atoms with Crippen LogP contribution in [0.5, 0.6) is 0 Å². The van der Waals surface area contributed by atoms with Gasteiger partial charge in [-0.05, 0) is 43.2 Å². The molecule has 0 fully saturated rings. The maximum absolute atomic E-state index is 12.3. The summed E-state index contributed by atoms with van der Waals surface area (Å²) in [6.45, 7) is 4.96. The SMILES string of the molecule is CCCn1cccc1C(=O)NC(C)c1ccc(Br)cc1. The number of halogens is 1. The lowest BCUT2D eigenvalue weighted by atomic mass is 10.1. The lowest BCUT2D eigenvalue weighted by molar-refractivity contribution is 0.0930. The van der Waals surface area contributed by atoms with Crippen LogP contribution in [0.4, 0.5) is 0 Å². The number of amides is 1. The first-order valence-corrected chi connectivity index (χ1v) is 7.62. The molecule has 0 aliphatic rings. The third kappa shape index (κ3) is 3.51. The number of hydrogen-bond donors (Lipinski definition) is 1. The first-order chi connectivity index (χ1) is 9.61. The maximum Gasteiger partial charge on any atom is 0.268 e. The molecule has 1 heterocycles. The van der Waals surface area contributed by atoms with Crippen molar-refractivity contribution in [2.45, 2.75) is 32.9 Å². The lowest BCUT2D eigenvalue weighted by Gasteiger charge is -2.15. The molecule has 3 nitrogen and oxygen atoms in total. The molecular formula is C16H19BrN2O. The second-order valence-electron chi connectivity index (χ2n) is 4.83. The number of nitrogens with one attached hydrogen (secondary N) is 1. The molecular weight excluding hydrogens is 316 g/mol. The van der Waals surface area contributed by atoms with Gasteiger partial charge in [0.1, 0.15) is 5.69 Å². The minimum atomic E-state index is -0.0288. The largest absolute Gasteiger partial charge is 0.344 e. The smallest absolute Gasteiger partial charge is 0.268 e. The molecule has 20 heavy (non-hydrogen) atoms. The van der Waals surface area contributed by atoms with E-state index in [4.69, 9.17) is 0 Å². The fraction of sp³-hybridized carbons (Fsp3) is 0.312. The van der Waals surface area contributed by atoms with Crippen LogP contribution in [0, 0.1) is 0 Å². The van der Waals surface area contributed by atoms with Gasteiger partial charge in [0.2, 0.25) is 0 Å². The van der Waals surface area contributed by atoms with Crippen molar-refractivity contribution in [3.63, 3.8) is 0 Å². The Morgan fingerprint density at radius 3 is 2.65 bits per heavy atom. The highest BCUT2D eigenvalue weighted by Gasteiger charge is 2.14. The molecule has 106 valence electrons. The minimum absolute atomic E-state index is 0.0134. The molecule has 4 heteroatoms. The van der Waals surface area contributed by atoms with E-state index in [1.807, 2.05) is 54.1 Å². The molecule has 2 rings (SSSR count). The van der Waals surface area contributed by atoms with Gasteiger partial charge in [-0.1, -0.05) is 35.0 Å². The van der Waals surface area contributed by atoms with Crippen LogP contribution in [0.1, 0.15) is 42.4 Å². The number of aryl methyl sites for hydroxylation is 1. The number of benzene rings is 1.